The van der Waals surface area contributed by atoms with Gasteiger partial charge in [-0.15, -0.1) is 0 Å². The molecule has 7 heteroatoms. The first kappa shape index (κ1) is 19.9. The summed E-state index contributed by atoms with van der Waals surface area (Å²) in [6.07, 6.45) is -1.14. The van der Waals surface area contributed by atoms with Crippen molar-refractivity contribution in [3.63, 3.8) is 0 Å². The SMILES string of the molecule is CCOC(=O)C(NC(=O)C1CC(=O)N(C(C)C)C1)C(O)c1ccccc1. The molecule has 2 N–H and O–H groups in total. The summed E-state index contributed by atoms with van der Waals surface area (Å²) in [5.41, 5.74) is 0.497. The van der Waals surface area contributed by atoms with Gasteiger partial charge in [-0.1, -0.05) is 30.3 Å². The van der Waals surface area contributed by atoms with Crippen molar-refractivity contribution in [2.24, 2.45) is 5.92 Å². The van der Waals surface area contributed by atoms with Gasteiger partial charge in [0.25, 0.3) is 0 Å². The molecular weight excluding hydrogens is 336 g/mol. The van der Waals surface area contributed by atoms with E-state index < -0.39 is 29.9 Å². The molecule has 26 heavy (non-hydrogen) atoms. The second kappa shape index (κ2) is 8.80. The second-order valence-corrected chi connectivity index (χ2v) is 6.63. The van der Waals surface area contributed by atoms with Gasteiger partial charge in [0.2, 0.25) is 11.8 Å². The molecule has 1 aliphatic rings. The molecule has 1 saturated heterocycles. The molecule has 2 amide bonds. The highest BCUT2D eigenvalue weighted by Crippen LogP contribution is 2.22. The number of hydrogen-bond donors (Lipinski definition) is 2. The van der Waals surface area contributed by atoms with E-state index in [-0.39, 0.29) is 25.0 Å². The first-order valence-electron chi connectivity index (χ1n) is 8.84. The highest BCUT2D eigenvalue weighted by atomic mass is 16.5. The lowest BCUT2D eigenvalue weighted by molar-refractivity contribution is -0.151. The van der Waals surface area contributed by atoms with Gasteiger partial charge in [-0.2, -0.15) is 0 Å². The Hall–Kier alpha value is -2.41. The summed E-state index contributed by atoms with van der Waals surface area (Å²) in [6.45, 7) is 5.87. The second-order valence-electron chi connectivity index (χ2n) is 6.63. The number of hydrogen-bond acceptors (Lipinski definition) is 5. The maximum atomic E-state index is 12.6. The van der Waals surface area contributed by atoms with E-state index in [1.165, 1.54) is 0 Å². The van der Waals surface area contributed by atoms with Crippen molar-refractivity contribution in [3.8, 4) is 0 Å². The molecule has 1 aromatic rings. The zero-order valence-corrected chi connectivity index (χ0v) is 15.3. The average Bonchev–Trinajstić information content (AvgIpc) is 3.02. The van der Waals surface area contributed by atoms with Gasteiger partial charge < -0.3 is 20.1 Å². The number of carbonyl (C=O) groups excluding carboxylic acids is 3. The van der Waals surface area contributed by atoms with E-state index >= 15 is 0 Å². The first-order valence-corrected chi connectivity index (χ1v) is 8.84. The number of aliphatic hydroxyl groups is 1. The highest BCUT2D eigenvalue weighted by Gasteiger charge is 2.38. The third kappa shape index (κ3) is 4.60. The number of ether oxygens (including phenoxy) is 1. The minimum Gasteiger partial charge on any atom is -0.464 e. The Labute approximate surface area is 153 Å². The van der Waals surface area contributed by atoms with Crippen molar-refractivity contribution in [2.75, 3.05) is 13.2 Å². The summed E-state index contributed by atoms with van der Waals surface area (Å²) in [6, 6.07) is 7.38. The normalized spacial score (nSPS) is 19.3. The largest absolute Gasteiger partial charge is 0.464 e. The summed E-state index contributed by atoms with van der Waals surface area (Å²) in [4.78, 5) is 38.5. The van der Waals surface area contributed by atoms with Crippen LogP contribution in [0.5, 0.6) is 0 Å². The molecule has 2 rings (SSSR count). The zero-order chi connectivity index (χ0) is 19.3. The lowest BCUT2D eigenvalue weighted by Crippen LogP contribution is -2.48. The Bertz CT molecular complexity index is 647. The fourth-order valence-corrected chi connectivity index (χ4v) is 3.02. The molecule has 0 saturated carbocycles. The van der Waals surface area contributed by atoms with Gasteiger partial charge in [0.05, 0.1) is 12.5 Å². The lowest BCUT2D eigenvalue weighted by Gasteiger charge is -2.24. The van der Waals surface area contributed by atoms with Crippen LogP contribution in [0.15, 0.2) is 30.3 Å². The molecule has 0 radical (unpaired) electrons. The third-order valence-electron chi connectivity index (χ3n) is 4.45. The van der Waals surface area contributed by atoms with Gasteiger partial charge in [0.15, 0.2) is 6.04 Å². The van der Waals surface area contributed by atoms with Crippen LogP contribution < -0.4 is 5.32 Å². The highest BCUT2D eigenvalue weighted by molar-refractivity contribution is 5.92. The Morgan fingerprint density at radius 1 is 1.31 bits per heavy atom. The molecule has 0 bridgehead atoms. The van der Waals surface area contributed by atoms with Crippen LogP contribution in [0, 0.1) is 5.92 Å². The number of esters is 1. The molecule has 3 atom stereocenters. The number of nitrogens with zero attached hydrogens (tertiary/aromatic N) is 1. The average molecular weight is 362 g/mol. The summed E-state index contributed by atoms with van der Waals surface area (Å²) in [5.74, 6) is -1.78. The van der Waals surface area contributed by atoms with Crippen LogP contribution in [0.2, 0.25) is 0 Å². The standard InChI is InChI=1S/C19H26N2O5/c1-4-26-19(25)16(17(23)13-8-6-5-7-9-13)20-18(24)14-10-15(22)21(11-14)12(2)3/h5-9,12,14,16-17,23H,4,10-11H2,1-3H3,(H,20,24). The molecule has 3 unspecified atom stereocenters. The predicted octanol–water partition coefficient (Wildman–Crippen LogP) is 1.02. The summed E-state index contributed by atoms with van der Waals surface area (Å²) in [5, 5.41) is 13.1. The van der Waals surface area contributed by atoms with Crippen LogP contribution in [0.4, 0.5) is 0 Å². The van der Waals surface area contributed by atoms with Crippen molar-refractivity contribution in [2.45, 2.75) is 45.4 Å². The van der Waals surface area contributed by atoms with E-state index in [1.807, 2.05) is 13.8 Å². The molecule has 142 valence electrons. The fourth-order valence-electron chi connectivity index (χ4n) is 3.02. The number of aliphatic hydroxyl groups excluding tert-OH is 1. The molecule has 7 nitrogen and oxygen atoms in total. The zero-order valence-electron chi connectivity index (χ0n) is 15.3. The predicted molar refractivity (Wildman–Crippen MR) is 94.9 cm³/mol. The molecule has 1 aromatic carbocycles. The lowest BCUT2D eigenvalue weighted by atomic mass is 10.0. The molecule has 1 aliphatic heterocycles. The Balaban J connectivity index is 2.13. The van der Waals surface area contributed by atoms with Crippen LogP contribution in [-0.2, 0) is 19.1 Å². The quantitative estimate of drug-likeness (QED) is 0.706. The number of benzene rings is 1. The van der Waals surface area contributed by atoms with Gasteiger partial charge in [0, 0.05) is 19.0 Å². The number of carbonyl (C=O) groups is 3. The fraction of sp³-hybridized carbons (Fsp3) is 0.526. The van der Waals surface area contributed by atoms with Crippen molar-refractivity contribution in [3.05, 3.63) is 35.9 Å². The van der Waals surface area contributed by atoms with Gasteiger partial charge in [-0.05, 0) is 26.3 Å². The Morgan fingerprint density at radius 3 is 2.50 bits per heavy atom. The summed E-state index contributed by atoms with van der Waals surface area (Å²) >= 11 is 0. The topological polar surface area (TPSA) is 95.9 Å². The van der Waals surface area contributed by atoms with Crippen LogP contribution in [-0.4, -0.2) is 53.0 Å². The molecule has 1 fully saturated rings. The van der Waals surface area contributed by atoms with Crippen LogP contribution in [0.25, 0.3) is 0 Å². The van der Waals surface area contributed by atoms with Crippen LogP contribution in [0.3, 0.4) is 0 Å². The Kier molecular flexibility index (Phi) is 6.74. The van der Waals surface area contributed by atoms with E-state index in [2.05, 4.69) is 5.32 Å². The summed E-state index contributed by atoms with van der Waals surface area (Å²) < 4.78 is 5.00. The molecule has 0 aromatic heterocycles. The van der Waals surface area contributed by atoms with Gasteiger partial charge in [0.1, 0.15) is 6.10 Å². The van der Waals surface area contributed by atoms with Gasteiger partial charge in [-0.3, -0.25) is 9.59 Å². The van der Waals surface area contributed by atoms with Crippen molar-refractivity contribution < 1.29 is 24.2 Å². The maximum Gasteiger partial charge on any atom is 0.331 e. The number of rotatable bonds is 7. The minimum absolute atomic E-state index is 0.0102. The number of nitrogens with one attached hydrogen (secondary N) is 1. The van der Waals surface area contributed by atoms with Crippen molar-refractivity contribution in [1.29, 1.82) is 0 Å². The number of likely N-dealkylation sites (tertiary alicyclic amines) is 1. The van der Waals surface area contributed by atoms with E-state index in [0.29, 0.717) is 12.1 Å². The Morgan fingerprint density at radius 2 is 1.96 bits per heavy atom. The van der Waals surface area contributed by atoms with E-state index in [4.69, 9.17) is 4.74 Å². The maximum absolute atomic E-state index is 12.6. The van der Waals surface area contributed by atoms with Crippen molar-refractivity contribution >= 4 is 17.8 Å². The van der Waals surface area contributed by atoms with E-state index in [9.17, 15) is 19.5 Å². The van der Waals surface area contributed by atoms with Crippen LogP contribution >= 0.6 is 0 Å². The smallest absolute Gasteiger partial charge is 0.331 e. The van der Waals surface area contributed by atoms with E-state index in [0.717, 1.165) is 0 Å². The monoisotopic (exact) mass is 362 g/mol. The van der Waals surface area contributed by atoms with Crippen LogP contribution in [0.1, 0.15) is 38.9 Å². The van der Waals surface area contributed by atoms with E-state index in [1.54, 1.807) is 42.2 Å². The van der Waals surface area contributed by atoms with Gasteiger partial charge in [-0.25, -0.2) is 4.79 Å². The van der Waals surface area contributed by atoms with Crippen molar-refractivity contribution in [1.82, 2.24) is 10.2 Å². The number of amides is 2. The third-order valence-corrected chi connectivity index (χ3v) is 4.45. The molecule has 1 heterocycles. The summed E-state index contributed by atoms with van der Waals surface area (Å²) in [7, 11) is 0. The van der Waals surface area contributed by atoms with Gasteiger partial charge >= 0.3 is 5.97 Å². The molecular formula is C19H26N2O5. The minimum atomic E-state index is -1.24. The molecule has 0 spiro atoms. The first-order chi connectivity index (χ1) is 12.3. The molecule has 0 aliphatic carbocycles.